The highest BCUT2D eigenvalue weighted by atomic mass is 79.9. The van der Waals surface area contributed by atoms with Gasteiger partial charge in [0.05, 0.1) is 7.11 Å². The molecule has 2 aromatic heterocycles. The van der Waals surface area contributed by atoms with Gasteiger partial charge in [0.25, 0.3) is 11.1 Å². The number of hydrogen-bond donors (Lipinski definition) is 2. The molecule has 2 rings (SSSR count). The molecule has 2 aromatic rings. The minimum absolute atomic E-state index is 0.0272. The number of hydrogen-bond acceptors (Lipinski definition) is 5. The van der Waals surface area contributed by atoms with E-state index in [9.17, 15) is 19.2 Å². The number of methoxy groups -OCH3 is 1. The van der Waals surface area contributed by atoms with Crippen molar-refractivity contribution in [1.29, 1.82) is 0 Å². The number of aromatic amines is 1. The molecule has 0 aliphatic rings. The van der Waals surface area contributed by atoms with Gasteiger partial charge in [-0.25, -0.2) is 9.59 Å². The maximum absolute atomic E-state index is 11.4. The van der Waals surface area contributed by atoms with Crippen molar-refractivity contribution in [2.24, 2.45) is 7.05 Å². The van der Waals surface area contributed by atoms with Crippen molar-refractivity contribution in [1.82, 2.24) is 9.55 Å². The summed E-state index contributed by atoms with van der Waals surface area (Å²) < 4.78 is 6.97. The average molecular weight is 464 g/mol. The molecule has 0 aliphatic heterocycles. The predicted octanol–water partition coefficient (Wildman–Crippen LogP) is 1.77. The first kappa shape index (κ1) is 19.8. The highest BCUT2D eigenvalue weighted by Crippen LogP contribution is 2.08. The number of nitrogens with one attached hydrogen (secondary N) is 1. The first-order valence-corrected chi connectivity index (χ1v) is 7.82. The van der Waals surface area contributed by atoms with Gasteiger partial charge in [0.15, 0.2) is 0 Å². The van der Waals surface area contributed by atoms with Crippen molar-refractivity contribution in [3.8, 4) is 0 Å². The molecule has 0 aliphatic carbocycles. The van der Waals surface area contributed by atoms with Crippen LogP contribution in [0, 0.1) is 0 Å². The fraction of sp³-hybridized carbons (Fsp3) is 0.143. The predicted molar refractivity (Wildman–Crippen MR) is 92.4 cm³/mol. The van der Waals surface area contributed by atoms with Crippen molar-refractivity contribution >= 4 is 43.8 Å². The number of pyridine rings is 2. The Morgan fingerprint density at radius 2 is 1.75 bits per heavy atom. The van der Waals surface area contributed by atoms with Gasteiger partial charge in [0, 0.05) is 28.4 Å². The molecule has 0 spiro atoms. The third-order valence-electron chi connectivity index (χ3n) is 2.65. The molecule has 128 valence electrons. The first-order valence-electron chi connectivity index (χ1n) is 6.23. The molecule has 10 heteroatoms. The van der Waals surface area contributed by atoms with Gasteiger partial charge in [0.1, 0.15) is 11.1 Å². The number of aryl methyl sites for hydroxylation is 1. The van der Waals surface area contributed by atoms with Gasteiger partial charge in [0.2, 0.25) is 0 Å². The maximum Gasteiger partial charge on any atom is 0.343 e. The summed E-state index contributed by atoms with van der Waals surface area (Å²) in [6, 6.07) is 2.69. The van der Waals surface area contributed by atoms with Crippen LogP contribution in [0.5, 0.6) is 0 Å². The minimum atomic E-state index is -1.23. The molecule has 0 saturated heterocycles. The Bertz CT molecular complexity index is 888. The van der Waals surface area contributed by atoms with Crippen molar-refractivity contribution in [3.63, 3.8) is 0 Å². The smallest absolute Gasteiger partial charge is 0.343 e. The van der Waals surface area contributed by atoms with Gasteiger partial charge in [-0.2, -0.15) is 0 Å². The minimum Gasteiger partial charge on any atom is -0.477 e. The number of aromatic carboxylic acids is 1. The normalized spacial score (nSPS) is 9.67. The Morgan fingerprint density at radius 1 is 1.17 bits per heavy atom. The van der Waals surface area contributed by atoms with Gasteiger partial charge in [-0.3, -0.25) is 9.59 Å². The van der Waals surface area contributed by atoms with Crippen LogP contribution in [0.3, 0.4) is 0 Å². The van der Waals surface area contributed by atoms with Crippen molar-refractivity contribution in [2.75, 3.05) is 7.11 Å². The lowest BCUT2D eigenvalue weighted by Crippen LogP contribution is -2.24. The number of H-pyrrole nitrogens is 1. The number of aromatic nitrogens is 2. The van der Waals surface area contributed by atoms with E-state index >= 15 is 0 Å². The summed E-state index contributed by atoms with van der Waals surface area (Å²) in [7, 11) is 2.81. The second-order valence-corrected chi connectivity index (χ2v) is 6.18. The molecule has 0 aromatic carbocycles. The Kier molecular flexibility index (Phi) is 7.11. The third kappa shape index (κ3) is 5.17. The number of carboxylic acid groups (broad SMARTS) is 1. The van der Waals surface area contributed by atoms with Crippen LogP contribution < -0.4 is 11.1 Å². The monoisotopic (exact) mass is 462 g/mol. The topological polar surface area (TPSA) is 118 Å². The van der Waals surface area contributed by atoms with Gasteiger partial charge in [-0.15, -0.1) is 0 Å². The van der Waals surface area contributed by atoms with Crippen LogP contribution in [0.2, 0.25) is 0 Å². The Balaban J connectivity index is 0.000000243. The second-order valence-electron chi connectivity index (χ2n) is 4.35. The number of carbonyl (C=O) groups excluding carboxylic acids is 1. The number of carboxylic acids is 1. The highest BCUT2D eigenvalue weighted by molar-refractivity contribution is 9.10. The Hall–Kier alpha value is -2.20. The van der Waals surface area contributed by atoms with Gasteiger partial charge < -0.3 is 19.4 Å². The quantitative estimate of drug-likeness (QED) is 0.655. The van der Waals surface area contributed by atoms with Crippen LogP contribution in [0.1, 0.15) is 20.7 Å². The molecule has 0 unspecified atom stereocenters. The highest BCUT2D eigenvalue weighted by Gasteiger charge is 2.12. The lowest BCUT2D eigenvalue weighted by atomic mass is 10.3. The summed E-state index contributed by atoms with van der Waals surface area (Å²) in [5, 5.41) is 8.45. The van der Waals surface area contributed by atoms with E-state index in [2.05, 4.69) is 41.6 Å². The summed E-state index contributed by atoms with van der Waals surface area (Å²) in [6.07, 6.45) is 2.96. The Morgan fingerprint density at radius 3 is 2.25 bits per heavy atom. The Labute approximate surface area is 152 Å². The standard InChI is InChI=1S/C8H8BrNO3.C6H4BrNO3/c1-10-4-5(9)3-6(7(10)11)8(12)13-2;7-3-1-4(6(10)11)5(9)8-2-3/h3-4H,1-2H3;1-2H,(H,8,9)(H,10,11). The van der Waals surface area contributed by atoms with E-state index in [1.54, 1.807) is 13.2 Å². The van der Waals surface area contributed by atoms with Crippen LogP contribution in [-0.2, 0) is 11.8 Å². The summed E-state index contributed by atoms with van der Waals surface area (Å²) in [5.41, 5.74) is -1.20. The average Bonchev–Trinajstić information content (AvgIpc) is 2.52. The third-order valence-corrected chi connectivity index (χ3v) is 3.55. The van der Waals surface area contributed by atoms with Crippen LogP contribution in [0.4, 0.5) is 0 Å². The molecule has 8 nitrogen and oxygen atoms in total. The van der Waals surface area contributed by atoms with E-state index < -0.39 is 17.5 Å². The first-order chi connectivity index (χ1) is 11.2. The molecule has 0 fully saturated rings. The van der Waals surface area contributed by atoms with E-state index in [1.807, 2.05) is 0 Å². The van der Waals surface area contributed by atoms with Crippen LogP contribution in [0.25, 0.3) is 0 Å². The molecular formula is C14H12Br2N2O6. The lowest BCUT2D eigenvalue weighted by Gasteiger charge is -2.02. The fourth-order valence-corrected chi connectivity index (χ4v) is 2.42. The van der Waals surface area contributed by atoms with E-state index in [-0.39, 0.29) is 16.7 Å². The SMILES string of the molecule is COC(=O)c1cc(Br)cn(C)c1=O.O=C(O)c1cc(Br)c[nH]c1=O. The van der Waals surface area contributed by atoms with Gasteiger partial charge in [-0.1, -0.05) is 0 Å². The molecule has 2 heterocycles. The van der Waals surface area contributed by atoms with Crippen LogP contribution in [-0.4, -0.2) is 33.7 Å². The summed E-state index contributed by atoms with van der Waals surface area (Å²) in [6.45, 7) is 0. The number of nitrogens with zero attached hydrogens (tertiary/aromatic N) is 1. The maximum atomic E-state index is 11.4. The number of esters is 1. The fourth-order valence-electron chi connectivity index (χ4n) is 1.54. The zero-order valence-corrected chi connectivity index (χ0v) is 15.7. The van der Waals surface area contributed by atoms with E-state index in [0.717, 1.165) is 0 Å². The summed E-state index contributed by atoms with van der Waals surface area (Å²) in [4.78, 5) is 45.8. The molecule has 0 saturated carbocycles. The number of ether oxygens (including phenoxy) is 1. The van der Waals surface area contributed by atoms with Crippen molar-refractivity contribution in [2.45, 2.75) is 0 Å². The molecule has 0 radical (unpaired) electrons. The van der Waals surface area contributed by atoms with Crippen molar-refractivity contribution in [3.05, 3.63) is 65.3 Å². The zero-order chi connectivity index (χ0) is 18.4. The molecule has 24 heavy (non-hydrogen) atoms. The number of carbonyl (C=O) groups is 2. The molecule has 0 bridgehead atoms. The van der Waals surface area contributed by atoms with Crippen LogP contribution in [0.15, 0.2) is 43.1 Å². The van der Waals surface area contributed by atoms with E-state index in [4.69, 9.17) is 5.11 Å². The van der Waals surface area contributed by atoms with Crippen molar-refractivity contribution < 1.29 is 19.4 Å². The van der Waals surface area contributed by atoms with Gasteiger partial charge >= 0.3 is 11.9 Å². The van der Waals surface area contributed by atoms with Crippen LogP contribution >= 0.6 is 31.9 Å². The summed E-state index contributed by atoms with van der Waals surface area (Å²) in [5.74, 6) is -1.85. The largest absolute Gasteiger partial charge is 0.477 e. The van der Waals surface area contributed by atoms with E-state index in [1.165, 1.54) is 30.0 Å². The zero-order valence-electron chi connectivity index (χ0n) is 12.5. The second kappa shape index (κ2) is 8.60. The summed E-state index contributed by atoms with van der Waals surface area (Å²) >= 11 is 6.21. The number of halogens is 2. The molecule has 2 N–H and O–H groups in total. The van der Waals surface area contributed by atoms with Gasteiger partial charge in [-0.05, 0) is 44.0 Å². The molecule has 0 amide bonds. The molecular weight excluding hydrogens is 452 g/mol. The molecule has 0 atom stereocenters. The number of rotatable bonds is 2. The lowest BCUT2D eigenvalue weighted by molar-refractivity contribution is 0.0597. The van der Waals surface area contributed by atoms with E-state index in [0.29, 0.717) is 8.95 Å².